The van der Waals surface area contributed by atoms with E-state index >= 15 is 0 Å². The predicted molar refractivity (Wildman–Crippen MR) is 58.0 cm³/mol. The van der Waals surface area contributed by atoms with Gasteiger partial charge in [-0.2, -0.15) is 0 Å². The van der Waals surface area contributed by atoms with Crippen molar-refractivity contribution in [1.29, 1.82) is 0 Å². The minimum atomic E-state index is -3.55. The van der Waals surface area contributed by atoms with E-state index in [-0.39, 0.29) is 0 Å². The highest BCUT2D eigenvalue weighted by molar-refractivity contribution is 7.54. The van der Waals surface area contributed by atoms with Gasteiger partial charge >= 0.3 is 7.60 Å². The molecule has 0 radical (unpaired) electrons. The second-order valence-electron chi connectivity index (χ2n) is 2.80. The Kier molecular flexibility index (Phi) is 4.32. The van der Waals surface area contributed by atoms with Gasteiger partial charge < -0.3 is 14.2 Å². The molecular formula is C9H12ClO4P. The van der Waals surface area contributed by atoms with Crippen LogP contribution in [-0.2, 0) is 13.6 Å². The maximum absolute atomic E-state index is 11.9. The van der Waals surface area contributed by atoms with E-state index in [0.29, 0.717) is 10.6 Å². The zero-order chi connectivity index (χ0) is 11.5. The fourth-order valence-electron chi connectivity index (χ4n) is 1.13. The molecule has 15 heavy (non-hydrogen) atoms. The maximum Gasteiger partial charge on any atom is 0.362 e. The minimum absolute atomic E-state index is 0.319. The molecule has 6 heteroatoms. The summed E-state index contributed by atoms with van der Waals surface area (Å²) in [5.41, 5.74) is 0.325. The van der Waals surface area contributed by atoms with E-state index in [1.165, 1.54) is 14.2 Å². The Morgan fingerprint density at radius 3 is 2.33 bits per heavy atom. The summed E-state index contributed by atoms with van der Waals surface area (Å²) in [6.07, 6.45) is 0. The molecule has 0 aliphatic carbocycles. The second kappa shape index (κ2) is 5.10. The third-order valence-corrected chi connectivity index (χ3v) is 4.23. The van der Waals surface area contributed by atoms with Gasteiger partial charge in [-0.15, -0.1) is 0 Å². The van der Waals surface area contributed by atoms with Crippen molar-refractivity contribution in [3.8, 4) is 0 Å². The van der Waals surface area contributed by atoms with Crippen LogP contribution in [0.2, 0.25) is 5.02 Å². The summed E-state index contributed by atoms with van der Waals surface area (Å²) >= 11 is 5.85. The molecule has 0 bridgehead atoms. The largest absolute Gasteiger partial charge is 0.376 e. The Balaban J connectivity index is 3.09. The lowest BCUT2D eigenvalue weighted by molar-refractivity contribution is 0.176. The van der Waals surface area contributed by atoms with Crippen LogP contribution in [0.3, 0.4) is 0 Å². The number of aliphatic hydroxyl groups excluding tert-OH is 1. The number of benzene rings is 1. The molecule has 0 saturated carbocycles. The highest BCUT2D eigenvalue weighted by Gasteiger charge is 2.34. The van der Waals surface area contributed by atoms with Crippen molar-refractivity contribution in [2.45, 2.75) is 5.85 Å². The molecule has 1 aromatic rings. The van der Waals surface area contributed by atoms with Gasteiger partial charge in [0.25, 0.3) is 0 Å². The molecule has 84 valence electrons. The molecule has 4 nitrogen and oxygen atoms in total. The molecule has 0 spiro atoms. The third kappa shape index (κ3) is 2.60. The molecule has 0 amide bonds. The zero-order valence-electron chi connectivity index (χ0n) is 8.38. The highest BCUT2D eigenvalue weighted by atomic mass is 35.5. The summed E-state index contributed by atoms with van der Waals surface area (Å²) in [7, 11) is -1.12. The van der Waals surface area contributed by atoms with E-state index in [0.717, 1.165) is 0 Å². The van der Waals surface area contributed by atoms with Crippen LogP contribution in [0, 0.1) is 0 Å². The Morgan fingerprint density at radius 2 is 1.87 bits per heavy atom. The van der Waals surface area contributed by atoms with Crippen molar-refractivity contribution >= 4 is 19.2 Å². The summed E-state index contributed by atoms with van der Waals surface area (Å²) in [6, 6.07) is 6.55. The van der Waals surface area contributed by atoms with Crippen molar-refractivity contribution in [1.82, 2.24) is 0 Å². The van der Waals surface area contributed by atoms with Crippen LogP contribution >= 0.6 is 19.2 Å². The van der Waals surface area contributed by atoms with Crippen LogP contribution in [-0.4, -0.2) is 19.3 Å². The van der Waals surface area contributed by atoms with Crippen LogP contribution in [0.25, 0.3) is 0 Å². The second-order valence-corrected chi connectivity index (χ2v) is 5.51. The summed E-state index contributed by atoms with van der Waals surface area (Å²) in [5.74, 6) is -1.37. The van der Waals surface area contributed by atoms with Crippen LogP contribution in [0.4, 0.5) is 0 Å². The first-order chi connectivity index (χ1) is 7.05. The first kappa shape index (κ1) is 12.7. The van der Waals surface area contributed by atoms with Crippen molar-refractivity contribution in [3.05, 3.63) is 34.9 Å². The zero-order valence-corrected chi connectivity index (χ0v) is 10.0. The summed E-state index contributed by atoms with van der Waals surface area (Å²) in [4.78, 5) is 0. The van der Waals surface area contributed by atoms with E-state index in [4.69, 9.17) is 11.6 Å². The molecule has 0 heterocycles. The Labute approximate surface area is 93.3 Å². The van der Waals surface area contributed by atoms with Crippen LogP contribution in [0.15, 0.2) is 24.3 Å². The highest BCUT2D eigenvalue weighted by Crippen LogP contribution is 2.59. The van der Waals surface area contributed by atoms with Gasteiger partial charge in [0.2, 0.25) is 0 Å². The molecule has 1 N–H and O–H groups in total. The lowest BCUT2D eigenvalue weighted by Gasteiger charge is -2.20. The average Bonchev–Trinajstić information content (AvgIpc) is 2.28. The lowest BCUT2D eigenvalue weighted by Crippen LogP contribution is -2.03. The van der Waals surface area contributed by atoms with Crippen LogP contribution in [0.1, 0.15) is 11.4 Å². The molecule has 0 aliphatic heterocycles. The molecule has 0 aromatic heterocycles. The first-order valence-corrected chi connectivity index (χ1v) is 6.18. The van der Waals surface area contributed by atoms with E-state index in [1.807, 2.05) is 0 Å². The van der Waals surface area contributed by atoms with Gasteiger partial charge in [0.15, 0.2) is 5.85 Å². The first-order valence-electron chi connectivity index (χ1n) is 4.19. The molecule has 0 fully saturated rings. The van der Waals surface area contributed by atoms with Gasteiger partial charge in [-0.05, 0) is 6.07 Å². The van der Waals surface area contributed by atoms with Crippen molar-refractivity contribution < 1.29 is 18.7 Å². The SMILES string of the molecule is COP(=O)(OC)[C@@H](O)c1ccccc1Cl. The van der Waals surface area contributed by atoms with E-state index in [2.05, 4.69) is 9.05 Å². The molecule has 0 saturated heterocycles. The fourth-order valence-corrected chi connectivity index (χ4v) is 2.56. The van der Waals surface area contributed by atoms with Gasteiger partial charge in [0.05, 0.1) is 0 Å². The Morgan fingerprint density at radius 1 is 1.33 bits per heavy atom. The van der Waals surface area contributed by atoms with Gasteiger partial charge in [0.1, 0.15) is 0 Å². The van der Waals surface area contributed by atoms with Crippen molar-refractivity contribution in [3.63, 3.8) is 0 Å². The number of halogens is 1. The van der Waals surface area contributed by atoms with Crippen LogP contribution < -0.4 is 0 Å². The molecular weight excluding hydrogens is 239 g/mol. The topological polar surface area (TPSA) is 55.8 Å². The van der Waals surface area contributed by atoms with Gasteiger partial charge in [-0.3, -0.25) is 4.57 Å². The summed E-state index contributed by atoms with van der Waals surface area (Å²) in [6.45, 7) is 0. The molecule has 1 aromatic carbocycles. The van der Waals surface area contributed by atoms with E-state index in [9.17, 15) is 9.67 Å². The summed E-state index contributed by atoms with van der Waals surface area (Å²) < 4.78 is 21.2. The Hall–Kier alpha value is -0.380. The number of hydrogen-bond acceptors (Lipinski definition) is 4. The Bertz CT molecular complexity index is 374. The smallest absolute Gasteiger partial charge is 0.362 e. The normalized spacial score (nSPS) is 13.9. The third-order valence-electron chi connectivity index (χ3n) is 1.99. The van der Waals surface area contributed by atoms with E-state index in [1.54, 1.807) is 24.3 Å². The minimum Gasteiger partial charge on any atom is -0.376 e. The monoisotopic (exact) mass is 250 g/mol. The van der Waals surface area contributed by atoms with E-state index < -0.39 is 13.4 Å². The number of rotatable bonds is 4. The predicted octanol–water partition coefficient (Wildman–Crippen LogP) is 2.82. The molecule has 1 rings (SSSR count). The number of aliphatic hydroxyl groups is 1. The lowest BCUT2D eigenvalue weighted by atomic mass is 10.2. The quantitative estimate of drug-likeness (QED) is 0.835. The average molecular weight is 251 g/mol. The molecule has 0 unspecified atom stereocenters. The number of hydrogen-bond donors (Lipinski definition) is 1. The maximum atomic E-state index is 11.9. The van der Waals surface area contributed by atoms with Crippen molar-refractivity contribution in [2.24, 2.45) is 0 Å². The van der Waals surface area contributed by atoms with Gasteiger partial charge in [0, 0.05) is 24.8 Å². The van der Waals surface area contributed by atoms with Crippen molar-refractivity contribution in [2.75, 3.05) is 14.2 Å². The van der Waals surface area contributed by atoms with Crippen LogP contribution in [0.5, 0.6) is 0 Å². The standard InChI is InChI=1S/C9H12ClO4P/c1-13-15(12,14-2)9(11)7-5-3-4-6-8(7)10/h3-6,9,11H,1-2H3/t9-/m1/s1. The molecule has 1 atom stereocenters. The van der Waals surface area contributed by atoms with Gasteiger partial charge in [-0.25, -0.2) is 0 Å². The molecule has 0 aliphatic rings. The fraction of sp³-hybridized carbons (Fsp3) is 0.333. The summed E-state index contributed by atoms with van der Waals surface area (Å²) in [5, 5.41) is 10.1. The van der Waals surface area contributed by atoms with Gasteiger partial charge in [-0.1, -0.05) is 29.8 Å².